The third kappa shape index (κ3) is 4.20. The molecule has 6 nitrogen and oxygen atoms in total. The molecule has 184 valence electrons. The summed E-state index contributed by atoms with van der Waals surface area (Å²) in [4.78, 5) is 25.3. The number of rotatable bonds is 4. The Bertz CT molecular complexity index is 1350. The maximum atomic E-state index is 15.2. The molecule has 0 atom stereocenters. The molecule has 1 fully saturated rings. The Hall–Kier alpha value is -3.26. The lowest BCUT2D eigenvalue weighted by atomic mass is 9.80. The van der Waals surface area contributed by atoms with Crippen LogP contribution in [0.15, 0.2) is 30.3 Å². The van der Waals surface area contributed by atoms with E-state index in [1.54, 1.807) is 18.2 Å². The molecule has 0 radical (unpaired) electrons. The van der Waals surface area contributed by atoms with Crippen molar-refractivity contribution in [3.63, 3.8) is 0 Å². The van der Waals surface area contributed by atoms with Gasteiger partial charge in [-0.2, -0.15) is 0 Å². The molecule has 0 unspecified atom stereocenters. The van der Waals surface area contributed by atoms with Gasteiger partial charge < -0.3 is 16.2 Å². The molecule has 1 amide bonds. The number of hydrogen-bond acceptors (Lipinski definition) is 4. The molecule has 2 heterocycles. The molecule has 3 aromatic rings. The molecule has 0 bridgehead atoms. The summed E-state index contributed by atoms with van der Waals surface area (Å²) in [6.07, 6.45) is 3.25. The van der Waals surface area contributed by atoms with Crippen molar-refractivity contribution in [1.29, 1.82) is 0 Å². The van der Waals surface area contributed by atoms with E-state index in [4.69, 9.17) is 5.73 Å². The number of nitrogens with two attached hydrogens (primary N) is 1. The number of primary amides is 1. The first kappa shape index (κ1) is 23.5. The summed E-state index contributed by atoms with van der Waals surface area (Å²) in [5.41, 5.74) is 8.10. The molecule has 1 aliphatic carbocycles. The molecule has 35 heavy (non-hydrogen) atoms. The van der Waals surface area contributed by atoms with Crippen molar-refractivity contribution in [3.05, 3.63) is 53.2 Å². The molecule has 2 aromatic carbocycles. The third-order valence-corrected chi connectivity index (χ3v) is 7.24. The minimum Gasteiger partial charge on any atom is -0.393 e. The first-order chi connectivity index (χ1) is 16.5. The van der Waals surface area contributed by atoms with Crippen LogP contribution >= 0.6 is 0 Å². The van der Waals surface area contributed by atoms with E-state index in [-0.39, 0.29) is 40.8 Å². The molecule has 0 saturated heterocycles. The van der Waals surface area contributed by atoms with Crippen LogP contribution in [0.4, 0.5) is 14.5 Å². The lowest BCUT2D eigenvalue weighted by Crippen LogP contribution is -2.31. The van der Waals surface area contributed by atoms with Crippen molar-refractivity contribution in [1.82, 2.24) is 4.57 Å². The number of carbonyl (C=O) groups excluding carboxylic acids is 2. The maximum absolute atomic E-state index is 15.2. The maximum Gasteiger partial charge on any atom is 0.250 e. The Morgan fingerprint density at radius 1 is 1.11 bits per heavy atom. The number of benzene rings is 2. The van der Waals surface area contributed by atoms with E-state index in [0.717, 1.165) is 18.9 Å². The van der Waals surface area contributed by atoms with Crippen LogP contribution in [0.3, 0.4) is 0 Å². The van der Waals surface area contributed by atoms with Gasteiger partial charge in [-0.1, -0.05) is 19.9 Å². The van der Waals surface area contributed by atoms with E-state index >= 15 is 4.39 Å². The Morgan fingerprint density at radius 3 is 2.51 bits per heavy atom. The zero-order valence-electron chi connectivity index (χ0n) is 19.8. The summed E-state index contributed by atoms with van der Waals surface area (Å²) in [7, 11) is 0. The minimum atomic E-state index is -0.745. The molecule has 1 aromatic heterocycles. The molecule has 2 aliphatic rings. The number of aliphatic hydroxyl groups is 1. The average molecular weight is 482 g/mol. The number of aromatic nitrogens is 1. The summed E-state index contributed by atoms with van der Waals surface area (Å²) in [6, 6.07) is 7.14. The second kappa shape index (κ2) is 8.45. The second-order valence-electron chi connectivity index (χ2n) is 10.6. The number of hydrogen-bond donors (Lipinski definition) is 3. The number of nitrogens with zero attached hydrogens (tertiary/aromatic N) is 1. The summed E-state index contributed by atoms with van der Waals surface area (Å²) in [5, 5.41) is 13.4. The first-order valence-corrected chi connectivity index (χ1v) is 12.0. The molecule has 8 heteroatoms. The van der Waals surface area contributed by atoms with Gasteiger partial charge in [0, 0.05) is 40.9 Å². The van der Waals surface area contributed by atoms with Crippen molar-refractivity contribution in [2.45, 2.75) is 64.5 Å². The van der Waals surface area contributed by atoms with Crippen molar-refractivity contribution >= 4 is 28.4 Å². The van der Waals surface area contributed by atoms with E-state index in [0.29, 0.717) is 47.3 Å². The van der Waals surface area contributed by atoms with Crippen LogP contribution in [-0.4, -0.2) is 33.6 Å². The minimum absolute atomic E-state index is 0.0535. The third-order valence-electron chi connectivity index (χ3n) is 7.24. The molecular formula is C27H29F2N3O3. The van der Waals surface area contributed by atoms with E-state index in [9.17, 15) is 19.1 Å². The molecule has 0 spiro atoms. The highest BCUT2D eigenvalue weighted by Gasteiger charge is 2.36. The van der Waals surface area contributed by atoms with Crippen LogP contribution < -0.4 is 11.1 Å². The second-order valence-corrected chi connectivity index (χ2v) is 10.6. The molecular weight excluding hydrogens is 452 g/mol. The van der Waals surface area contributed by atoms with Gasteiger partial charge in [0.1, 0.15) is 11.6 Å². The number of halogens is 2. The standard InChI is InChI=1S/C27H29F2N3O3/c1-27(2)12-22-24(25-19(29)10-15(28)11-21(25)32(22)23(34)13-27)14-3-8-18(26(30)35)20(9-14)31-16-4-6-17(33)7-5-16/h3,8-11,16-17,31,33H,4-7,12-13H2,1-2H3,(H2,30,35). The summed E-state index contributed by atoms with van der Waals surface area (Å²) < 4.78 is 30.9. The zero-order valence-corrected chi connectivity index (χ0v) is 19.8. The fourth-order valence-electron chi connectivity index (χ4n) is 5.63. The number of nitrogens with one attached hydrogen (secondary N) is 1. The lowest BCUT2D eigenvalue weighted by molar-refractivity contribution is 0.0816. The zero-order chi connectivity index (χ0) is 25.1. The number of anilines is 1. The highest BCUT2D eigenvalue weighted by atomic mass is 19.1. The summed E-state index contributed by atoms with van der Waals surface area (Å²) >= 11 is 0. The van der Waals surface area contributed by atoms with Gasteiger partial charge in [-0.05, 0) is 61.3 Å². The first-order valence-electron chi connectivity index (χ1n) is 12.0. The monoisotopic (exact) mass is 481 g/mol. The fourth-order valence-corrected chi connectivity index (χ4v) is 5.63. The van der Waals surface area contributed by atoms with Gasteiger partial charge in [0.25, 0.3) is 5.91 Å². The smallest absolute Gasteiger partial charge is 0.250 e. The topological polar surface area (TPSA) is 97.4 Å². The van der Waals surface area contributed by atoms with Crippen LogP contribution in [0, 0.1) is 17.0 Å². The number of aliphatic hydroxyl groups excluding tert-OH is 1. The fraction of sp³-hybridized carbons (Fsp3) is 0.407. The van der Waals surface area contributed by atoms with Crippen molar-refractivity contribution in [2.75, 3.05) is 5.32 Å². The van der Waals surface area contributed by atoms with E-state index < -0.39 is 17.5 Å². The predicted octanol–water partition coefficient (Wildman–Crippen LogP) is 5.01. The largest absolute Gasteiger partial charge is 0.393 e. The Balaban J connectivity index is 1.70. The molecule has 1 saturated carbocycles. The van der Waals surface area contributed by atoms with Gasteiger partial charge in [0.05, 0.1) is 17.2 Å². The van der Waals surface area contributed by atoms with Crippen molar-refractivity contribution in [3.8, 4) is 11.1 Å². The van der Waals surface area contributed by atoms with Crippen LogP contribution in [0.1, 0.15) is 66.8 Å². The Morgan fingerprint density at radius 2 is 1.83 bits per heavy atom. The molecule has 5 rings (SSSR count). The van der Waals surface area contributed by atoms with Gasteiger partial charge in [0.15, 0.2) is 0 Å². The van der Waals surface area contributed by atoms with Gasteiger partial charge in [-0.3, -0.25) is 14.2 Å². The molecule has 4 N–H and O–H groups in total. The van der Waals surface area contributed by atoms with Gasteiger partial charge in [-0.15, -0.1) is 0 Å². The molecule has 1 aliphatic heterocycles. The Kier molecular flexibility index (Phi) is 5.67. The van der Waals surface area contributed by atoms with E-state index in [1.807, 2.05) is 13.8 Å². The highest BCUT2D eigenvalue weighted by molar-refractivity contribution is 6.06. The van der Waals surface area contributed by atoms with Crippen LogP contribution in [0.25, 0.3) is 22.0 Å². The van der Waals surface area contributed by atoms with Crippen LogP contribution in [-0.2, 0) is 6.42 Å². The highest BCUT2D eigenvalue weighted by Crippen LogP contribution is 2.44. The SMILES string of the molecule is CC1(C)CC(=O)n2c(c(-c3ccc(C(N)=O)c(NC4CCC(O)CC4)c3)c3c(F)cc(F)cc32)C1. The van der Waals surface area contributed by atoms with E-state index in [2.05, 4.69) is 5.32 Å². The van der Waals surface area contributed by atoms with Crippen LogP contribution in [0.5, 0.6) is 0 Å². The van der Waals surface area contributed by atoms with E-state index in [1.165, 1.54) is 10.6 Å². The number of carbonyl (C=O) groups is 2. The Labute approximate surface area is 202 Å². The summed E-state index contributed by atoms with van der Waals surface area (Å²) in [5.74, 6) is -2.28. The quantitative estimate of drug-likeness (QED) is 0.488. The number of amides is 1. The predicted molar refractivity (Wildman–Crippen MR) is 130 cm³/mol. The normalized spacial score (nSPS) is 21.7. The van der Waals surface area contributed by atoms with Gasteiger partial charge >= 0.3 is 0 Å². The van der Waals surface area contributed by atoms with Gasteiger partial charge in [-0.25, -0.2) is 8.78 Å². The average Bonchev–Trinajstić information content (AvgIpc) is 3.08. The van der Waals surface area contributed by atoms with Gasteiger partial charge in [0.2, 0.25) is 5.91 Å². The summed E-state index contributed by atoms with van der Waals surface area (Å²) in [6.45, 7) is 3.96. The van der Waals surface area contributed by atoms with Crippen molar-refractivity contribution in [2.24, 2.45) is 11.1 Å². The lowest BCUT2D eigenvalue weighted by Gasteiger charge is -2.31. The van der Waals surface area contributed by atoms with Crippen LogP contribution in [0.2, 0.25) is 0 Å². The van der Waals surface area contributed by atoms with Crippen molar-refractivity contribution < 1.29 is 23.5 Å². The number of fused-ring (bicyclic) bond motifs is 3.